The van der Waals surface area contributed by atoms with Crippen LogP contribution in [0, 0.1) is 0 Å². The molecule has 18 heavy (non-hydrogen) atoms. The first-order valence-corrected chi connectivity index (χ1v) is 6.42. The number of carbonyl (C=O) groups excluding carboxylic acids is 1. The third-order valence-electron chi connectivity index (χ3n) is 3.41. The third kappa shape index (κ3) is 2.56. The van der Waals surface area contributed by atoms with Crippen LogP contribution in [0.15, 0.2) is 10.6 Å². The molecular weight excluding hydrogens is 232 g/mol. The molecule has 5 nitrogen and oxygen atoms in total. The fourth-order valence-electron chi connectivity index (χ4n) is 2.12. The van der Waals surface area contributed by atoms with E-state index in [4.69, 9.17) is 4.52 Å². The molecule has 0 aromatic carbocycles. The molecule has 1 N–H and O–H groups in total. The molecule has 0 saturated carbocycles. The summed E-state index contributed by atoms with van der Waals surface area (Å²) in [4.78, 5) is 13.9. The monoisotopic (exact) mass is 252 g/mol. The molecule has 100 valence electrons. The fourth-order valence-corrected chi connectivity index (χ4v) is 2.12. The lowest BCUT2D eigenvalue weighted by molar-refractivity contribution is -0.132. The Bertz CT molecular complexity index is 428. The van der Waals surface area contributed by atoms with Gasteiger partial charge in [-0.05, 0) is 19.3 Å². The predicted octanol–water partition coefficient (Wildman–Crippen LogP) is 1.49. The zero-order valence-corrected chi connectivity index (χ0v) is 11.1. The van der Waals surface area contributed by atoms with E-state index in [1.807, 2.05) is 26.8 Å². The predicted molar refractivity (Wildman–Crippen MR) is 66.2 cm³/mol. The Labute approximate surface area is 107 Å². The highest BCUT2D eigenvalue weighted by atomic mass is 16.5. The molecule has 2 rings (SSSR count). The van der Waals surface area contributed by atoms with E-state index in [1.165, 1.54) is 0 Å². The first-order chi connectivity index (χ1) is 8.49. The molecule has 2 atom stereocenters. The van der Waals surface area contributed by atoms with Crippen molar-refractivity contribution in [3.05, 3.63) is 17.5 Å². The van der Waals surface area contributed by atoms with E-state index in [0.717, 1.165) is 5.69 Å². The Morgan fingerprint density at radius 3 is 2.78 bits per heavy atom. The second-order valence-corrected chi connectivity index (χ2v) is 5.26. The van der Waals surface area contributed by atoms with Crippen LogP contribution in [0.5, 0.6) is 0 Å². The Hall–Kier alpha value is -1.36. The van der Waals surface area contributed by atoms with Crippen molar-refractivity contribution in [1.29, 1.82) is 0 Å². The molecule has 1 saturated heterocycles. The average molecular weight is 252 g/mol. The fraction of sp³-hybridized carbons (Fsp3) is 0.692. The summed E-state index contributed by atoms with van der Waals surface area (Å²) in [5, 5.41) is 13.4. The number of likely N-dealkylation sites (tertiary alicyclic amines) is 1. The van der Waals surface area contributed by atoms with E-state index in [0.29, 0.717) is 31.2 Å². The normalized spacial score (nSPS) is 21.6. The molecule has 0 spiro atoms. The molecule has 1 fully saturated rings. The molecule has 2 heterocycles. The zero-order valence-electron chi connectivity index (χ0n) is 11.1. The van der Waals surface area contributed by atoms with Crippen LogP contribution >= 0.6 is 0 Å². The van der Waals surface area contributed by atoms with Crippen LogP contribution in [0.1, 0.15) is 50.5 Å². The lowest BCUT2D eigenvalue weighted by Crippen LogP contribution is -2.32. The van der Waals surface area contributed by atoms with Crippen LogP contribution in [0.2, 0.25) is 0 Å². The number of aliphatic hydroxyl groups is 1. The van der Waals surface area contributed by atoms with Crippen LogP contribution in [0.25, 0.3) is 0 Å². The second-order valence-electron chi connectivity index (χ2n) is 5.26. The zero-order chi connectivity index (χ0) is 13.3. The van der Waals surface area contributed by atoms with Gasteiger partial charge in [-0.25, -0.2) is 0 Å². The number of aliphatic hydroxyl groups excluding tert-OH is 1. The Kier molecular flexibility index (Phi) is 3.71. The molecule has 1 aliphatic rings. The molecule has 1 amide bonds. The smallest absolute Gasteiger partial charge is 0.233 e. The number of β-amino-alcohol motifs (C(OH)–C–C–N with tert-alkyl or cyclic N) is 1. The van der Waals surface area contributed by atoms with Gasteiger partial charge in [0.2, 0.25) is 5.91 Å². The molecule has 1 aromatic heterocycles. The number of carbonyl (C=O) groups is 1. The van der Waals surface area contributed by atoms with Gasteiger partial charge in [-0.3, -0.25) is 4.79 Å². The third-order valence-corrected chi connectivity index (χ3v) is 3.41. The molecule has 0 aliphatic carbocycles. The highest BCUT2D eigenvalue weighted by molar-refractivity contribution is 5.83. The number of nitrogens with zero attached hydrogens (tertiary/aromatic N) is 2. The summed E-state index contributed by atoms with van der Waals surface area (Å²) in [6.45, 7) is 6.93. The van der Waals surface area contributed by atoms with Crippen molar-refractivity contribution < 1.29 is 14.4 Å². The minimum absolute atomic E-state index is 0.00185. The first-order valence-electron chi connectivity index (χ1n) is 6.42. The number of aromatic nitrogens is 1. The topological polar surface area (TPSA) is 66.6 Å². The van der Waals surface area contributed by atoms with Gasteiger partial charge in [0.05, 0.1) is 17.7 Å². The van der Waals surface area contributed by atoms with Crippen molar-refractivity contribution in [2.75, 3.05) is 13.1 Å². The number of hydrogen-bond donors (Lipinski definition) is 1. The Morgan fingerprint density at radius 2 is 2.28 bits per heavy atom. The maximum Gasteiger partial charge on any atom is 0.233 e. The van der Waals surface area contributed by atoms with Crippen molar-refractivity contribution >= 4 is 5.91 Å². The maximum atomic E-state index is 12.2. The summed E-state index contributed by atoms with van der Waals surface area (Å²) in [6.07, 6.45) is 0.272. The van der Waals surface area contributed by atoms with Gasteiger partial charge in [0, 0.05) is 19.2 Å². The van der Waals surface area contributed by atoms with E-state index >= 15 is 0 Å². The average Bonchev–Trinajstić information content (AvgIpc) is 2.95. The van der Waals surface area contributed by atoms with Gasteiger partial charge in [0.25, 0.3) is 0 Å². The van der Waals surface area contributed by atoms with Gasteiger partial charge >= 0.3 is 0 Å². The van der Waals surface area contributed by atoms with E-state index in [1.54, 1.807) is 4.90 Å². The minimum atomic E-state index is -0.387. The lowest BCUT2D eigenvalue weighted by Gasteiger charge is -2.18. The summed E-state index contributed by atoms with van der Waals surface area (Å²) < 4.78 is 5.24. The van der Waals surface area contributed by atoms with E-state index in [-0.39, 0.29) is 17.9 Å². The Morgan fingerprint density at radius 1 is 1.56 bits per heavy atom. The van der Waals surface area contributed by atoms with Crippen LogP contribution in [0.4, 0.5) is 0 Å². The molecule has 1 aromatic rings. The number of hydrogen-bond acceptors (Lipinski definition) is 4. The van der Waals surface area contributed by atoms with Crippen LogP contribution in [-0.4, -0.2) is 40.3 Å². The van der Waals surface area contributed by atoms with E-state index in [9.17, 15) is 9.90 Å². The van der Waals surface area contributed by atoms with Gasteiger partial charge in [0.15, 0.2) is 0 Å². The molecule has 0 bridgehead atoms. The highest BCUT2D eigenvalue weighted by Crippen LogP contribution is 2.24. The number of rotatable bonds is 3. The first kappa shape index (κ1) is 13.1. The molecule has 2 unspecified atom stereocenters. The van der Waals surface area contributed by atoms with Gasteiger partial charge in [-0.15, -0.1) is 0 Å². The van der Waals surface area contributed by atoms with Gasteiger partial charge in [-0.2, -0.15) is 0 Å². The van der Waals surface area contributed by atoms with Crippen LogP contribution < -0.4 is 0 Å². The largest absolute Gasteiger partial charge is 0.391 e. The molecular formula is C13H20N2O3. The van der Waals surface area contributed by atoms with Crippen molar-refractivity contribution in [2.45, 2.75) is 45.1 Å². The van der Waals surface area contributed by atoms with Gasteiger partial charge < -0.3 is 14.5 Å². The molecule has 0 radical (unpaired) electrons. The van der Waals surface area contributed by atoms with Crippen molar-refractivity contribution in [2.24, 2.45) is 0 Å². The van der Waals surface area contributed by atoms with E-state index < -0.39 is 0 Å². The summed E-state index contributed by atoms with van der Waals surface area (Å²) in [5.74, 6) is 0.553. The second kappa shape index (κ2) is 5.10. The maximum absolute atomic E-state index is 12.2. The van der Waals surface area contributed by atoms with Crippen molar-refractivity contribution in [1.82, 2.24) is 10.1 Å². The molecule has 1 aliphatic heterocycles. The number of amides is 1. The summed E-state index contributed by atoms with van der Waals surface area (Å²) >= 11 is 0. The summed E-state index contributed by atoms with van der Waals surface area (Å²) in [6, 6.07) is 1.85. The lowest BCUT2D eigenvalue weighted by atomic mass is 10.0. The van der Waals surface area contributed by atoms with Crippen LogP contribution in [-0.2, 0) is 4.79 Å². The SMILES string of the molecule is CC(C)c1cc(C(C)C(=O)N2CCC(O)C2)on1. The van der Waals surface area contributed by atoms with Crippen molar-refractivity contribution in [3.8, 4) is 0 Å². The standard InChI is InChI=1S/C13H20N2O3/c1-8(2)11-6-12(18-14-11)9(3)13(17)15-5-4-10(16)7-15/h6,8-10,16H,4-5,7H2,1-3H3. The summed E-state index contributed by atoms with van der Waals surface area (Å²) in [5.41, 5.74) is 0.867. The quantitative estimate of drug-likeness (QED) is 0.885. The summed E-state index contributed by atoms with van der Waals surface area (Å²) in [7, 11) is 0. The minimum Gasteiger partial charge on any atom is -0.391 e. The van der Waals surface area contributed by atoms with Gasteiger partial charge in [-0.1, -0.05) is 19.0 Å². The highest BCUT2D eigenvalue weighted by Gasteiger charge is 2.30. The molecule has 5 heteroatoms. The Balaban J connectivity index is 2.05. The van der Waals surface area contributed by atoms with Crippen LogP contribution in [0.3, 0.4) is 0 Å². The van der Waals surface area contributed by atoms with E-state index in [2.05, 4.69) is 5.16 Å². The van der Waals surface area contributed by atoms with Crippen molar-refractivity contribution in [3.63, 3.8) is 0 Å². The van der Waals surface area contributed by atoms with Gasteiger partial charge in [0.1, 0.15) is 5.76 Å².